The summed E-state index contributed by atoms with van der Waals surface area (Å²) in [6.07, 6.45) is 2.67. The van der Waals surface area contributed by atoms with Gasteiger partial charge in [0.2, 0.25) is 0 Å². The molecule has 2 fully saturated rings. The van der Waals surface area contributed by atoms with Crippen LogP contribution in [-0.4, -0.2) is 51.4 Å². The van der Waals surface area contributed by atoms with Crippen molar-refractivity contribution >= 4 is 23.5 Å². The van der Waals surface area contributed by atoms with Gasteiger partial charge >= 0.3 is 6.09 Å². The van der Waals surface area contributed by atoms with Crippen molar-refractivity contribution in [2.45, 2.75) is 48.5 Å². The molecule has 226 valence electrons. The zero-order valence-electron chi connectivity index (χ0n) is 24.9. The number of amides is 1. The topological polar surface area (TPSA) is 75.9 Å². The molecule has 0 saturated carbocycles. The number of non-ortho nitro benzene ring substituents is 1. The van der Waals surface area contributed by atoms with Gasteiger partial charge in [0, 0.05) is 37.0 Å². The Hall–Kier alpha value is -4.14. The second-order valence-corrected chi connectivity index (χ2v) is 13.2. The Balaban J connectivity index is 1.33. The number of hydrogen-bond donors (Lipinski definition) is 0. The Morgan fingerprint density at radius 3 is 1.84 bits per heavy atom. The van der Waals surface area contributed by atoms with Crippen LogP contribution in [-0.2, 0) is 16.1 Å². The van der Waals surface area contributed by atoms with Gasteiger partial charge in [-0.05, 0) is 60.6 Å². The molecule has 2 heterocycles. The molecule has 2 aliphatic rings. The molecule has 0 bridgehead atoms. The van der Waals surface area contributed by atoms with E-state index in [1.807, 2.05) is 16.7 Å². The van der Waals surface area contributed by atoms with Crippen LogP contribution in [0.15, 0.2) is 115 Å². The predicted molar refractivity (Wildman–Crippen MR) is 174 cm³/mol. The minimum absolute atomic E-state index is 0.0137. The molecular formula is C36H37N3O4S. The molecule has 4 aromatic carbocycles. The Kier molecular flexibility index (Phi) is 8.73. The third-order valence-electron chi connectivity index (χ3n) is 8.98. The number of rotatable bonds is 9. The number of carbonyl (C=O) groups is 1. The van der Waals surface area contributed by atoms with Crippen LogP contribution in [0.5, 0.6) is 0 Å². The molecule has 0 aliphatic carbocycles. The van der Waals surface area contributed by atoms with E-state index in [0.717, 1.165) is 32.4 Å². The summed E-state index contributed by atoms with van der Waals surface area (Å²) in [5, 5.41) is 11.2. The fraction of sp³-hybridized carbons (Fsp3) is 0.306. The minimum atomic E-state index is -0.490. The Labute approximate surface area is 263 Å². The van der Waals surface area contributed by atoms with Crippen molar-refractivity contribution in [2.75, 3.05) is 19.6 Å². The number of nitro benzene ring substituents is 1. The van der Waals surface area contributed by atoms with E-state index >= 15 is 0 Å². The van der Waals surface area contributed by atoms with Gasteiger partial charge in [0.25, 0.3) is 5.69 Å². The normalized spacial score (nSPS) is 20.5. The summed E-state index contributed by atoms with van der Waals surface area (Å²) in [5.74, 6) is 0. The van der Waals surface area contributed by atoms with E-state index < -0.39 is 15.3 Å². The quantitative estimate of drug-likeness (QED) is 0.110. The smallest absolute Gasteiger partial charge is 0.411 e. The number of nitro groups is 1. The van der Waals surface area contributed by atoms with Crippen molar-refractivity contribution in [2.24, 2.45) is 0 Å². The Bertz CT molecular complexity index is 1470. The molecule has 2 aliphatic heterocycles. The van der Waals surface area contributed by atoms with Crippen LogP contribution in [0.3, 0.4) is 0 Å². The van der Waals surface area contributed by atoms with Crippen molar-refractivity contribution in [3.05, 3.63) is 148 Å². The second-order valence-electron chi connectivity index (χ2n) is 11.7. The lowest BCUT2D eigenvalue weighted by Gasteiger charge is -2.42. The predicted octanol–water partition coefficient (Wildman–Crippen LogP) is 7.84. The molecule has 1 amide bonds. The minimum Gasteiger partial charge on any atom is -0.445 e. The summed E-state index contributed by atoms with van der Waals surface area (Å²) >= 11 is 1.92. The van der Waals surface area contributed by atoms with Crippen molar-refractivity contribution in [1.82, 2.24) is 9.80 Å². The van der Waals surface area contributed by atoms with Crippen LogP contribution in [0.25, 0.3) is 0 Å². The highest BCUT2D eigenvalue weighted by molar-refractivity contribution is 8.01. The van der Waals surface area contributed by atoms with E-state index in [1.54, 1.807) is 12.1 Å². The zero-order valence-corrected chi connectivity index (χ0v) is 25.7. The van der Waals surface area contributed by atoms with Crippen LogP contribution in [0.4, 0.5) is 10.5 Å². The largest absolute Gasteiger partial charge is 0.445 e. The zero-order chi connectivity index (χ0) is 30.6. The standard InChI is InChI=1S/C36H37N3O4S/c1-35(37-23-11-12-24-37)25-33(26-38(35)34(40)43-27-28-19-21-32(22-20-28)39(41)42)44-36(29-13-5-2-6-14-29,30-15-7-3-8-16-30)31-17-9-4-10-18-31/h2-10,13-22,33H,11-12,23-27H2,1H3/t33-,35-/m0/s1. The first-order valence-corrected chi connectivity index (χ1v) is 16.1. The highest BCUT2D eigenvalue weighted by atomic mass is 32.2. The Morgan fingerprint density at radius 2 is 1.36 bits per heavy atom. The second kappa shape index (κ2) is 12.8. The molecule has 8 heteroatoms. The summed E-state index contributed by atoms with van der Waals surface area (Å²) < 4.78 is 5.39. The summed E-state index contributed by atoms with van der Waals surface area (Å²) in [5.41, 5.74) is 3.84. The summed E-state index contributed by atoms with van der Waals surface area (Å²) in [4.78, 5) is 28.8. The lowest BCUT2D eigenvalue weighted by Crippen LogP contribution is -2.56. The summed E-state index contributed by atoms with van der Waals surface area (Å²) in [6.45, 7) is 4.68. The van der Waals surface area contributed by atoms with Gasteiger partial charge in [-0.3, -0.25) is 19.9 Å². The van der Waals surface area contributed by atoms with E-state index in [0.29, 0.717) is 12.1 Å². The van der Waals surface area contributed by atoms with Crippen molar-refractivity contribution in [1.29, 1.82) is 0 Å². The molecule has 44 heavy (non-hydrogen) atoms. The lowest BCUT2D eigenvalue weighted by atomic mass is 9.84. The molecule has 2 saturated heterocycles. The third kappa shape index (κ3) is 5.84. The average Bonchev–Trinajstić information content (AvgIpc) is 3.73. The third-order valence-corrected chi connectivity index (χ3v) is 10.7. The monoisotopic (exact) mass is 607 g/mol. The lowest BCUT2D eigenvalue weighted by molar-refractivity contribution is -0.384. The number of ether oxygens (including phenoxy) is 1. The number of benzene rings is 4. The Morgan fingerprint density at radius 1 is 0.864 bits per heavy atom. The number of carbonyl (C=O) groups excluding carboxylic acids is 1. The maximum absolute atomic E-state index is 13.8. The van der Waals surface area contributed by atoms with Gasteiger partial charge in [-0.15, -0.1) is 11.8 Å². The van der Waals surface area contributed by atoms with E-state index in [9.17, 15) is 14.9 Å². The number of nitrogens with zero attached hydrogens (tertiary/aromatic N) is 3. The van der Waals surface area contributed by atoms with Gasteiger partial charge < -0.3 is 4.74 Å². The average molecular weight is 608 g/mol. The molecule has 7 nitrogen and oxygen atoms in total. The number of likely N-dealkylation sites (tertiary alicyclic amines) is 2. The van der Waals surface area contributed by atoms with Gasteiger partial charge in [-0.2, -0.15) is 0 Å². The van der Waals surface area contributed by atoms with Crippen LogP contribution >= 0.6 is 11.8 Å². The first-order chi connectivity index (χ1) is 21.4. The molecule has 0 aromatic heterocycles. The summed E-state index contributed by atoms with van der Waals surface area (Å²) in [6, 6.07) is 38.2. The molecule has 0 radical (unpaired) electrons. The first kappa shape index (κ1) is 29.9. The van der Waals surface area contributed by atoms with Crippen molar-refractivity contribution in [3.8, 4) is 0 Å². The SMILES string of the molecule is C[C@@]1(N2CCCC2)C[C@H](SC(c2ccccc2)(c2ccccc2)c2ccccc2)CN1C(=O)OCc1ccc([N+](=O)[O-])cc1. The van der Waals surface area contributed by atoms with Crippen LogP contribution in [0.1, 0.15) is 48.4 Å². The first-order valence-electron chi connectivity index (χ1n) is 15.2. The van der Waals surface area contributed by atoms with E-state index in [2.05, 4.69) is 103 Å². The molecule has 6 rings (SSSR count). The highest BCUT2D eigenvalue weighted by Gasteiger charge is 2.52. The van der Waals surface area contributed by atoms with Gasteiger partial charge in [0.1, 0.15) is 6.61 Å². The van der Waals surface area contributed by atoms with E-state index in [1.165, 1.54) is 28.8 Å². The molecular weight excluding hydrogens is 570 g/mol. The van der Waals surface area contributed by atoms with Crippen LogP contribution < -0.4 is 0 Å². The molecule has 4 aromatic rings. The molecule has 2 atom stereocenters. The van der Waals surface area contributed by atoms with Crippen molar-refractivity contribution < 1.29 is 14.5 Å². The maximum Gasteiger partial charge on any atom is 0.411 e. The van der Waals surface area contributed by atoms with Gasteiger partial charge in [-0.25, -0.2) is 4.79 Å². The van der Waals surface area contributed by atoms with Crippen molar-refractivity contribution in [3.63, 3.8) is 0 Å². The van der Waals surface area contributed by atoms with Gasteiger partial charge in [0.15, 0.2) is 0 Å². The van der Waals surface area contributed by atoms with Crippen LogP contribution in [0.2, 0.25) is 0 Å². The fourth-order valence-electron chi connectivity index (χ4n) is 6.76. The molecule has 0 N–H and O–H groups in total. The fourth-order valence-corrected chi connectivity index (χ4v) is 8.70. The van der Waals surface area contributed by atoms with Crippen LogP contribution in [0, 0.1) is 10.1 Å². The van der Waals surface area contributed by atoms with E-state index in [-0.39, 0.29) is 23.6 Å². The summed E-state index contributed by atoms with van der Waals surface area (Å²) in [7, 11) is 0. The molecule has 0 unspecified atom stereocenters. The maximum atomic E-state index is 13.8. The number of thioether (sulfide) groups is 1. The van der Waals surface area contributed by atoms with E-state index in [4.69, 9.17) is 4.74 Å². The molecule has 0 spiro atoms. The highest BCUT2D eigenvalue weighted by Crippen LogP contribution is 2.53. The van der Waals surface area contributed by atoms with Gasteiger partial charge in [-0.1, -0.05) is 91.0 Å². The number of hydrogen-bond acceptors (Lipinski definition) is 6. The van der Waals surface area contributed by atoms with Gasteiger partial charge in [0.05, 0.1) is 15.3 Å².